The molecule has 1 unspecified atom stereocenters. The third-order valence-corrected chi connectivity index (χ3v) is 3.90. The lowest BCUT2D eigenvalue weighted by molar-refractivity contribution is 0.0798. The highest BCUT2D eigenvalue weighted by Gasteiger charge is 2.11. The Balaban J connectivity index is 1.85. The van der Waals surface area contributed by atoms with Crippen LogP contribution in [0.4, 0.5) is 17.6 Å². The second kappa shape index (κ2) is 9.46. The van der Waals surface area contributed by atoms with Gasteiger partial charge in [0.2, 0.25) is 0 Å². The average Bonchev–Trinajstić information content (AvgIpc) is 2.60. The SMILES string of the molecule is Cc1ccc(F)c(OCC(C)CCc2ccc(F)c(OCC(F)F)c2)c1. The van der Waals surface area contributed by atoms with Crippen molar-refractivity contribution in [1.29, 1.82) is 0 Å². The van der Waals surface area contributed by atoms with Crippen molar-refractivity contribution in [2.75, 3.05) is 13.2 Å². The fourth-order valence-corrected chi connectivity index (χ4v) is 2.42. The molecule has 2 aromatic carbocycles. The first-order chi connectivity index (χ1) is 12.3. The fraction of sp³-hybridized carbons (Fsp3) is 0.400. The van der Waals surface area contributed by atoms with Gasteiger partial charge in [0.25, 0.3) is 6.43 Å². The topological polar surface area (TPSA) is 18.5 Å². The third kappa shape index (κ3) is 6.24. The van der Waals surface area contributed by atoms with Gasteiger partial charge < -0.3 is 9.47 Å². The number of ether oxygens (including phenoxy) is 2. The van der Waals surface area contributed by atoms with Crippen LogP contribution in [0.5, 0.6) is 11.5 Å². The van der Waals surface area contributed by atoms with E-state index in [0.29, 0.717) is 19.4 Å². The number of hydrogen-bond acceptors (Lipinski definition) is 2. The number of hydrogen-bond donors (Lipinski definition) is 0. The molecule has 0 N–H and O–H groups in total. The zero-order chi connectivity index (χ0) is 19.1. The van der Waals surface area contributed by atoms with Crippen molar-refractivity contribution in [2.45, 2.75) is 33.1 Å². The molecule has 6 heteroatoms. The van der Waals surface area contributed by atoms with Crippen LogP contribution in [0.2, 0.25) is 0 Å². The van der Waals surface area contributed by atoms with Crippen LogP contribution in [0.15, 0.2) is 36.4 Å². The summed E-state index contributed by atoms with van der Waals surface area (Å²) in [6, 6.07) is 8.93. The minimum Gasteiger partial charge on any atom is -0.490 e. The summed E-state index contributed by atoms with van der Waals surface area (Å²) in [6.07, 6.45) is -1.34. The van der Waals surface area contributed by atoms with Crippen LogP contribution >= 0.6 is 0 Å². The van der Waals surface area contributed by atoms with Crippen LogP contribution in [0.3, 0.4) is 0 Å². The van der Waals surface area contributed by atoms with Crippen LogP contribution in [0.25, 0.3) is 0 Å². The Morgan fingerprint density at radius 3 is 2.19 bits per heavy atom. The van der Waals surface area contributed by atoms with E-state index in [0.717, 1.165) is 11.1 Å². The molecule has 0 radical (unpaired) electrons. The van der Waals surface area contributed by atoms with Crippen LogP contribution in [-0.4, -0.2) is 19.6 Å². The highest BCUT2D eigenvalue weighted by molar-refractivity contribution is 5.31. The highest BCUT2D eigenvalue weighted by Crippen LogP contribution is 2.23. The predicted octanol–water partition coefficient (Wildman–Crippen LogP) is 5.56. The lowest BCUT2D eigenvalue weighted by Gasteiger charge is -2.14. The monoisotopic (exact) mass is 370 g/mol. The van der Waals surface area contributed by atoms with Gasteiger partial charge in [-0.25, -0.2) is 17.6 Å². The zero-order valence-corrected chi connectivity index (χ0v) is 14.8. The number of halogens is 4. The Kier molecular flexibility index (Phi) is 7.30. The molecule has 2 aromatic rings. The predicted molar refractivity (Wildman–Crippen MR) is 92.0 cm³/mol. The molecule has 0 fully saturated rings. The van der Waals surface area contributed by atoms with Crippen LogP contribution in [-0.2, 0) is 6.42 Å². The van der Waals surface area contributed by atoms with E-state index in [1.165, 1.54) is 18.2 Å². The molecule has 26 heavy (non-hydrogen) atoms. The molecular formula is C20H22F4O2. The second-order valence-electron chi connectivity index (χ2n) is 6.36. The van der Waals surface area contributed by atoms with E-state index in [-0.39, 0.29) is 17.4 Å². The summed E-state index contributed by atoms with van der Waals surface area (Å²) in [4.78, 5) is 0. The van der Waals surface area contributed by atoms with Gasteiger partial charge in [0.15, 0.2) is 23.1 Å². The largest absolute Gasteiger partial charge is 0.490 e. The van der Waals surface area contributed by atoms with E-state index in [4.69, 9.17) is 9.47 Å². The summed E-state index contributed by atoms with van der Waals surface area (Å²) in [6.45, 7) is 3.33. The maximum atomic E-state index is 13.7. The Labute approximate surface area is 150 Å². The van der Waals surface area contributed by atoms with Crippen molar-refractivity contribution >= 4 is 0 Å². The molecule has 0 aliphatic carbocycles. The van der Waals surface area contributed by atoms with Crippen LogP contribution in [0.1, 0.15) is 24.5 Å². The van der Waals surface area contributed by atoms with Crippen molar-refractivity contribution in [3.05, 3.63) is 59.2 Å². The summed E-state index contributed by atoms with van der Waals surface area (Å²) >= 11 is 0. The number of alkyl halides is 2. The van der Waals surface area contributed by atoms with E-state index in [9.17, 15) is 17.6 Å². The van der Waals surface area contributed by atoms with Gasteiger partial charge in [-0.15, -0.1) is 0 Å². The van der Waals surface area contributed by atoms with Crippen molar-refractivity contribution in [3.63, 3.8) is 0 Å². The summed E-state index contributed by atoms with van der Waals surface area (Å²) in [7, 11) is 0. The molecule has 0 bridgehead atoms. The van der Waals surface area contributed by atoms with Crippen molar-refractivity contribution < 1.29 is 27.0 Å². The van der Waals surface area contributed by atoms with E-state index < -0.39 is 24.7 Å². The van der Waals surface area contributed by atoms with Crippen molar-refractivity contribution in [2.24, 2.45) is 5.92 Å². The number of rotatable bonds is 9. The normalized spacial score (nSPS) is 12.3. The maximum Gasteiger partial charge on any atom is 0.272 e. The van der Waals surface area contributed by atoms with Crippen molar-refractivity contribution in [1.82, 2.24) is 0 Å². The summed E-state index contributed by atoms with van der Waals surface area (Å²) < 4.78 is 61.9. The zero-order valence-electron chi connectivity index (χ0n) is 14.8. The van der Waals surface area contributed by atoms with Crippen LogP contribution < -0.4 is 9.47 Å². The molecular weight excluding hydrogens is 348 g/mol. The molecule has 0 aliphatic heterocycles. The Morgan fingerprint density at radius 1 is 0.885 bits per heavy atom. The Hall–Kier alpha value is -2.24. The molecule has 0 saturated heterocycles. The van der Waals surface area contributed by atoms with Gasteiger partial charge in [-0.3, -0.25) is 0 Å². The first-order valence-electron chi connectivity index (χ1n) is 8.43. The van der Waals surface area contributed by atoms with Gasteiger partial charge in [-0.2, -0.15) is 0 Å². The van der Waals surface area contributed by atoms with E-state index in [1.807, 2.05) is 13.8 Å². The van der Waals surface area contributed by atoms with Crippen LogP contribution in [0, 0.1) is 24.5 Å². The van der Waals surface area contributed by atoms with Gasteiger partial charge in [-0.1, -0.05) is 19.1 Å². The highest BCUT2D eigenvalue weighted by atomic mass is 19.3. The molecule has 2 rings (SSSR count). The molecule has 0 aromatic heterocycles. The molecule has 0 aliphatic rings. The molecule has 2 nitrogen and oxygen atoms in total. The third-order valence-electron chi connectivity index (χ3n) is 3.90. The number of benzene rings is 2. The van der Waals surface area contributed by atoms with Gasteiger partial charge in [0, 0.05) is 0 Å². The summed E-state index contributed by atoms with van der Waals surface area (Å²) in [5.74, 6) is -0.886. The van der Waals surface area contributed by atoms with Crippen molar-refractivity contribution in [3.8, 4) is 11.5 Å². The smallest absolute Gasteiger partial charge is 0.272 e. The fourth-order valence-electron chi connectivity index (χ4n) is 2.42. The average molecular weight is 370 g/mol. The van der Waals surface area contributed by atoms with Gasteiger partial charge >= 0.3 is 0 Å². The first-order valence-corrected chi connectivity index (χ1v) is 8.43. The van der Waals surface area contributed by atoms with E-state index >= 15 is 0 Å². The van der Waals surface area contributed by atoms with Gasteiger partial charge in [-0.05, 0) is 61.1 Å². The minimum absolute atomic E-state index is 0.130. The Bertz CT molecular complexity index is 719. The molecule has 1 atom stereocenters. The standard InChI is InChI=1S/C20H22F4O2/c1-13-4-7-16(21)18(9-13)25-11-14(2)3-5-15-6-8-17(22)19(10-15)26-12-20(23)24/h4,6-10,14,20H,3,5,11-12H2,1-2H3. The lowest BCUT2D eigenvalue weighted by atomic mass is 10.0. The Morgan fingerprint density at radius 2 is 1.50 bits per heavy atom. The molecule has 0 spiro atoms. The number of aryl methyl sites for hydroxylation is 2. The summed E-state index contributed by atoms with van der Waals surface area (Å²) in [5.41, 5.74) is 1.70. The minimum atomic E-state index is -2.66. The van der Waals surface area contributed by atoms with Gasteiger partial charge in [0.05, 0.1) is 6.61 Å². The molecule has 0 heterocycles. The lowest BCUT2D eigenvalue weighted by Crippen LogP contribution is -2.11. The maximum absolute atomic E-state index is 13.7. The molecule has 0 saturated carbocycles. The second-order valence-corrected chi connectivity index (χ2v) is 6.36. The molecule has 0 amide bonds. The van der Waals surface area contributed by atoms with E-state index in [2.05, 4.69) is 0 Å². The molecule has 142 valence electrons. The quantitative estimate of drug-likeness (QED) is 0.538. The van der Waals surface area contributed by atoms with Gasteiger partial charge in [0.1, 0.15) is 6.61 Å². The summed E-state index contributed by atoms with van der Waals surface area (Å²) in [5, 5.41) is 0. The first kappa shape index (κ1) is 20.1. The van der Waals surface area contributed by atoms with E-state index in [1.54, 1.807) is 18.2 Å².